The van der Waals surface area contributed by atoms with Crippen molar-refractivity contribution in [3.05, 3.63) is 35.6 Å². The van der Waals surface area contributed by atoms with E-state index in [9.17, 15) is 18.8 Å². The van der Waals surface area contributed by atoms with Gasteiger partial charge in [0.05, 0.1) is 11.5 Å². The monoisotopic (exact) mass is 444 g/mol. The number of ether oxygens (including phenoxy) is 1. The van der Waals surface area contributed by atoms with Crippen LogP contribution >= 0.6 is 0 Å². The molecule has 2 saturated heterocycles. The zero-order valence-electron chi connectivity index (χ0n) is 18.9. The third kappa shape index (κ3) is 4.32. The number of imide groups is 1. The maximum Gasteiger partial charge on any atom is 0.241 e. The second-order valence-electron chi connectivity index (χ2n) is 9.40. The number of hydrogen-bond acceptors (Lipinski definition) is 4. The second-order valence-corrected chi connectivity index (χ2v) is 9.40. The van der Waals surface area contributed by atoms with E-state index in [0.717, 1.165) is 44.9 Å². The van der Waals surface area contributed by atoms with Gasteiger partial charge >= 0.3 is 0 Å². The van der Waals surface area contributed by atoms with Gasteiger partial charge in [-0.2, -0.15) is 0 Å². The van der Waals surface area contributed by atoms with Crippen LogP contribution in [0.4, 0.5) is 4.39 Å². The number of hydrogen-bond donors (Lipinski definition) is 0. The lowest BCUT2D eigenvalue weighted by molar-refractivity contribution is -0.145. The molecule has 1 aromatic rings. The molecule has 1 aliphatic carbocycles. The average molecular weight is 445 g/mol. The highest BCUT2D eigenvalue weighted by Crippen LogP contribution is 2.44. The van der Waals surface area contributed by atoms with Crippen molar-refractivity contribution >= 4 is 17.7 Å². The molecule has 0 radical (unpaired) electrons. The Kier molecular flexibility index (Phi) is 6.93. The molecular weight excluding hydrogens is 411 g/mol. The predicted octanol–water partition coefficient (Wildman–Crippen LogP) is 3.57. The Balaban J connectivity index is 1.65. The lowest BCUT2D eigenvalue weighted by Crippen LogP contribution is -2.47. The van der Waals surface area contributed by atoms with E-state index < -0.39 is 17.1 Å². The van der Waals surface area contributed by atoms with Crippen molar-refractivity contribution in [3.8, 4) is 0 Å². The first kappa shape index (κ1) is 22.9. The molecule has 1 saturated carbocycles. The third-order valence-electron chi connectivity index (χ3n) is 7.18. The molecule has 2 aliphatic heterocycles. The minimum absolute atomic E-state index is 0.00851. The van der Waals surface area contributed by atoms with Crippen molar-refractivity contribution in [3.63, 3.8) is 0 Å². The quantitative estimate of drug-likeness (QED) is 0.575. The summed E-state index contributed by atoms with van der Waals surface area (Å²) in [5.41, 5.74) is -1.33. The van der Waals surface area contributed by atoms with Gasteiger partial charge in [0.1, 0.15) is 5.82 Å². The van der Waals surface area contributed by atoms with Gasteiger partial charge in [0, 0.05) is 44.1 Å². The van der Waals surface area contributed by atoms with Crippen molar-refractivity contribution in [2.75, 3.05) is 19.7 Å². The van der Waals surface area contributed by atoms with Crippen LogP contribution in [0.15, 0.2) is 24.3 Å². The van der Waals surface area contributed by atoms with Gasteiger partial charge in [-0.05, 0) is 38.2 Å². The summed E-state index contributed by atoms with van der Waals surface area (Å²) in [5.74, 6) is -1.48. The summed E-state index contributed by atoms with van der Waals surface area (Å²) >= 11 is 0. The Morgan fingerprint density at radius 3 is 2.59 bits per heavy atom. The van der Waals surface area contributed by atoms with Crippen LogP contribution < -0.4 is 0 Å². The zero-order chi connectivity index (χ0) is 22.7. The molecule has 3 amide bonds. The van der Waals surface area contributed by atoms with Gasteiger partial charge in [-0.25, -0.2) is 4.39 Å². The fourth-order valence-corrected chi connectivity index (χ4v) is 5.58. The summed E-state index contributed by atoms with van der Waals surface area (Å²) in [6.07, 6.45) is 5.78. The molecule has 4 rings (SSSR count). The minimum atomic E-state index is -1.48. The van der Waals surface area contributed by atoms with Crippen LogP contribution in [0.3, 0.4) is 0 Å². The Morgan fingerprint density at radius 1 is 1.19 bits per heavy atom. The van der Waals surface area contributed by atoms with Crippen molar-refractivity contribution in [2.24, 2.45) is 0 Å². The molecule has 2 atom stereocenters. The molecular formula is C25H33FN2O4. The second kappa shape index (κ2) is 9.69. The van der Waals surface area contributed by atoms with Crippen LogP contribution in [-0.4, -0.2) is 59.4 Å². The summed E-state index contributed by atoms with van der Waals surface area (Å²) in [5, 5.41) is 0. The number of likely N-dealkylation sites (tertiary alicyclic amines) is 1. The van der Waals surface area contributed by atoms with Crippen LogP contribution in [0, 0.1) is 5.82 Å². The molecule has 7 heteroatoms. The molecule has 0 bridgehead atoms. The van der Waals surface area contributed by atoms with Gasteiger partial charge in [0.2, 0.25) is 17.7 Å². The number of benzene rings is 1. The van der Waals surface area contributed by atoms with Crippen LogP contribution in [0.1, 0.15) is 70.3 Å². The summed E-state index contributed by atoms with van der Waals surface area (Å²) in [6.45, 7) is 3.70. The van der Waals surface area contributed by atoms with Crippen molar-refractivity contribution < 1.29 is 23.5 Å². The zero-order valence-corrected chi connectivity index (χ0v) is 18.9. The Bertz CT molecular complexity index is 863. The Morgan fingerprint density at radius 2 is 1.94 bits per heavy atom. The highest BCUT2D eigenvalue weighted by Gasteiger charge is 2.56. The molecule has 3 aliphatic rings. The lowest BCUT2D eigenvalue weighted by atomic mass is 9.75. The molecule has 0 N–H and O–H groups in total. The SMILES string of the molecule is CCCN(CC1CCCO1)C(=O)CC1(c2ccccc2F)CC(=O)N(C2CCCC2)C1=O. The summed E-state index contributed by atoms with van der Waals surface area (Å²) in [4.78, 5) is 43.4. The summed E-state index contributed by atoms with van der Waals surface area (Å²) < 4.78 is 20.7. The van der Waals surface area contributed by atoms with Gasteiger partial charge < -0.3 is 9.64 Å². The van der Waals surface area contributed by atoms with Gasteiger partial charge in [0.15, 0.2) is 0 Å². The molecule has 3 fully saturated rings. The molecule has 1 aromatic carbocycles. The molecule has 6 nitrogen and oxygen atoms in total. The lowest BCUT2D eigenvalue weighted by Gasteiger charge is -2.32. The summed E-state index contributed by atoms with van der Waals surface area (Å²) in [7, 11) is 0. The Labute approximate surface area is 189 Å². The Hall–Kier alpha value is -2.28. The first-order valence-electron chi connectivity index (χ1n) is 12.0. The number of amides is 3. The average Bonchev–Trinajstić information content (AvgIpc) is 3.51. The topological polar surface area (TPSA) is 66.9 Å². The van der Waals surface area contributed by atoms with Crippen LogP contribution in [0.5, 0.6) is 0 Å². The standard InChI is InChI=1S/C25H33FN2O4/c1-2-13-27(17-19-10-7-14-32-19)22(29)15-25(20-11-5-6-12-21(20)26)16-23(30)28(24(25)31)18-8-3-4-9-18/h5-6,11-12,18-19H,2-4,7-10,13-17H2,1H3. The maximum atomic E-state index is 15.0. The number of rotatable bonds is 8. The number of halogens is 1. The first-order valence-corrected chi connectivity index (χ1v) is 12.0. The number of carbonyl (C=O) groups excluding carboxylic acids is 3. The van der Waals surface area contributed by atoms with Crippen LogP contribution in [0.25, 0.3) is 0 Å². The first-order chi connectivity index (χ1) is 15.5. The van der Waals surface area contributed by atoms with Gasteiger partial charge in [-0.15, -0.1) is 0 Å². The molecule has 0 spiro atoms. The van der Waals surface area contributed by atoms with Crippen molar-refractivity contribution in [2.45, 2.75) is 82.3 Å². The van der Waals surface area contributed by atoms with Gasteiger partial charge in [0.25, 0.3) is 0 Å². The van der Waals surface area contributed by atoms with E-state index in [1.165, 1.54) is 11.0 Å². The highest BCUT2D eigenvalue weighted by molar-refractivity contribution is 6.11. The highest BCUT2D eigenvalue weighted by atomic mass is 19.1. The van der Waals surface area contributed by atoms with Crippen molar-refractivity contribution in [1.29, 1.82) is 0 Å². The van der Waals surface area contributed by atoms with E-state index in [-0.39, 0.29) is 42.4 Å². The fraction of sp³-hybridized carbons (Fsp3) is 0.640. The van der Waals surface area contributed by atoms with E-state index in [4.69, 9.17) is 4.74 Å². The molecule has 2 heterocycles. The maximum absolute atomic E-state index is 15.0. The largest absolute Gasteiger partial charge is 0.376 e. The predicted molar refractivity (Wildman–Crippen MR) is 117 cm³/mol. The smallest absolute Gasteiger partial charge is 0.241 e. The van der Waals surface area contributed by atoms with E-state index in [1.807, 2.05) is 6.92 Å². The van der Waals surface area contributed by atoms with E-state index in [0.29, 0.717) is 19.7 Å². The van der Waals surface area contributed by atoms with Crippen LogP contribution in [-0.2, 0) is 24.5 Å². The normalized spacial score (nSPS) is 26.3. The van der Waals surface area contributed by atoms with E-state index >= 15 is 0 Å². The number of nitrogens with zero attached hydrogens (tertiary/aromatic N) is 2. The van der Waals surface area contributed by atoms with Crippen LogP contribution in [0.2, 0.25) is 0 Å². The fourth-order valence-electron chi connectivity index (χ4n) is 5.58. The molecule has 32 heavy (non-hydrogen) atoms. The van der Waals surface area contributed by atoms with Gasteiger partial charge in [-0.3, -0.25) is 19.3 Å². The molecule has 0 aromatic heterocycles. The molecule has 2 unspecified atom stereocenters. The van der Waals surface area contributed by atoms with E-state index in [2.05, 4.69) is 0 Å². The van der Waals surface area contributed by atoms with Crippen molar-refractivity contribution in [1.82, 2.24) is 9.80 Å². The van der Waals surface area contributed by atoms with E-state index in [1.54, 1.807) is 23.1 Å². The summed E-state index contributed by atoms with van der Waals surface area (Å²) in [6, 6.07) is 5.93. The number of carbonyl (C=O) groups is 3. The molecule has 174 valence electrons. The van der Waals surface area contributed by atoms with Gasteiger partial charge in [-0.1, -0.05) is 38.0 Å². The third-order valence-corrected chi connectivity index (χ3v) is 7.18. The minimum Gasteiger partial charge on any atom is -0.376 e.